The van der Waals surface area contributed by atoms with Gasteiger partial charge in [0.2, 0.25) is 0 Å². The first-order valence-electron chi connectivity index (χ1n) is 10.5. The van der Waals surface area contributed by atoms with Crippen LogP contribution in [-0.4, -0.2) is 55.3 Å². The Morgan fingerprint density at radius 2 is 1.46 bits per heavy atom. The van der Waals surface area contributed by atoms with E-state index >= 15 is 0 Å². The SMILES string of the molecule is C=CC(C)(CC)C(C)(CC(C)(C)C)C(=O)OC(OCC(F)(F)S(=O)(=O)O)(C(=O)OCC)C(F)(F)F. The van der Waals surface area contributed by atoms with Gasteiger partial charge in [0.15, 0.2) is 0 Å². The molecule has 0 aliphatic rings. The monoisotopic (exact) mass is 540 g/mol. The van der Waals surface area contributed by atoms with Crippen molar-refractivity contribution in [3.05, 3.63) is 12.7 Å². The third-order valence-corrected chi connectivity index (χ3v) is 6.63. The molecule has 0 aliphatic heterocycles. The lowest BCUT2D eigenvalue weighted by Crippen LogP contribution is -2.61. The van der Waals surface area contributed by atoms with E-state index in [9.17, 15) is 40.0 Å². The summed E-state index contributed by atoms with van der Waals surface area (Å²) in [5, 5.41) is -5.28. The molecular formula is C21H33F5O8S. The van der Waals surface area contributed by atoms with E-state index in [4.69, 9.17) is 4.55 Å². The van der Waals surface area contributed by atoms with Gasteiger partial charge in [-0.3, -0.25) is 9.35 Å². The fourth-order valence-corrected chi connectivity index (χ4v) is 3.65. The molecule has 0 bridgehead atoms. The van der Waals surface area contributed by atoms with Crippen LogP contribution in [0.25, 0.3) is 0 Å². The number of carbonyl (C=O) groups is 2. The second kappa shape index (κ2) is 10.7. The average Bonchev–Trinajstić information content (AvgIpc) is 2.66. The number of halogens is 5. The molecule has 0 heterocycles. The van der Waals surface area contributed by atoms with Crippen molar-refractivity contribution in [3.8, 4) is 0 Å². The van der Waals surface area contributed by atoms with E-state index in [1.165, 1.54) is 19.9 Å². The molecule has 0 spiro atoms. The Bertz CT molecular complexity index is 896. The first kappa shape index (κ1) is 33.2. The minimum Gasteiger partial charge on any atom is -0.461 e. The zero-order valence-electron chi connectivity index (χ0n) is 20.7. The van der Waals surface area contributed by atoms with Crippen LogP contribution < -0.4 is 0 Å². The molecule has 3 unspecified atom stereocenters. The largest absolute Gasteiger partial charge is 0.468 e. The molecule has 0 aliphatic carbocycles. The van der Waals surface area contributed by atoms with Gasteiger partial charge < -0.3 is 14.2 Å². The maximum atomic E-state index is 14.2. The molecule has 3 atom stereocenters. The van der Waals surface area contributed by atoms with Crippen LogP contribution in [0.1, 0.15) is 61.3 Å². The van der Waals surface area contributed by atoms with Gasteiger partial charge in [-0.05, 0) is 32.1 Å². The molecule has 0 rings (SSSR count). The third-order valence-electron chi connectivity index (χ3n) is 5.75. The fraction of sp³-hybridized carbons (Fsp3) is 0.810. The lowest BCUT2D eigenvalue weighted by Gasteiger charge is -2.47. The number of allylic oxidation sites excluding steroid dienone is 1. The lowest BCUT2D eigenvalue weighted by atomic mass is 9.58. The summed E-state index contributed by atoms with van der Waals surface area (Å²) >= 11 is 0. The molecule has 0 aromatic carbocycles. The van der Waals surface area contributed by atoms with Gasteiger partial charge in [0, 0.05) is 5.41 Å². The highest BCUT2D eigenvalue weighted by Gasteiger charge is 2.70. The zero-order valence-corrected chi connectivity index (χ0v) is 21.5. The predicted octanol–water partition coefficient (Wildman–Crippen LogP) is 4.89. The smallest absolute Gasteiger partial charge is 0.461 e. The molecule has 1 N–H and O–H groups in total. The lowest BCUT2D eigenvalue weighted by molar-refractivity contribution is -0.364. The summed E-state index contributed by atoms with van der Waals surface area (Å²) in [6.07, 6.45) is -4.60. The minimum atomic E-state index is -6.25. The number of carbonyl (C=O) groups excluding carboxylic acids is 2. The number of hydrogen-bond acceptors (Lipinski definition) is 7. The van der Waals surface area contributed by atoms with Gasteiger partial charge in [0.25, 0.3) is 0 Å². The highest BCUT2D eigenvalue weighted by atomic mass is 32.2. The molecule has 0 radical (unpaired) electrons. The number of rotatable bonds is 12. The molecule has 35 heavy (non-hydrogen) atoms. The minimum absolute atomic E-state index is 0.104. The van der Waals surface area contributed by atoms with Crippen molar-refractivity contribution in [2.75, 3.05) is 13.2 Å². The van der Waals surface area contributed by atoms with E-state index in [1.807, 2.05) is 0 Å². The van der Waals surface area contributed by atoms with Crippen LogP contribution in [0.2, 0.25) is 0 Å². The van der Waals surface area contributed by atoms with Gasteiger partial charge in [-0.1, -0.05) is 40.7 Å². The summed E-state index contributed by atoms with van der Waals surface area (Å²) in [5.74, 6) is -8.83. The van der Waals surface area contributed by atoms with Crippen molar-refractivity contribution in [1.82, 2.24) is 0 Å². The van der Waals surface area contributed by atoms with Crippen LogP contribution in [0.5, 0.6) is 0 Å². The topological polar surface area (TPSA) is 116 Å². The molecule has 8 nitrogen and oxygen atoms in total. The predicted molar refractivity (Wildman–Crippen MR) is 115 cm³/mol. The summed E-state index contributed by atoms with van der Waals surface area (Å²) in [6, 6.07) is 0. The normalized spacial score (nSPS) is 18.5. The molecule has 0 fully saturated rings. The van der Waals surface area contributed by atoms with Crippen molar-refractivity contribution in [2.45, 2.75) is 78.5 Å². The molecule has 0 saturated heterocycles. The zero-order chi connectivity index (χ0) is 28.3. The van der Waals surface area contributed by atoms with Crippen molar-refractivity contribution in [2.24, 2.45) is 16.2 Å². The van der Waals surface area contributed by atoms with E-state index < -0.39 is 68.7 Å². The van der Waals surface area contributed by atoms with Gasteiger partial charge in [0.1, 0.15) is 6.61 Å². The molecule has 0 amide bonds. The second-order valence-corrected chi connectivity index (χ2v) is 11.2. The number of alkyl halides is 5. The Kier molecular flexibility index (Phi) is 10.1. The van der Waals surface area contributed by atoms with Gasteiger partial charge in [-0.2, -0.15) is 30.4 Å². The summed E-state index contributed by atoms with van der Waals surface area (Å²) in [5.41, 5.74) is -3.70. The van der Waals surface area contributed by atoms with E-state index in [2.05, 4.69) is 20.8 Å². The highest BCUT2D eigenvalue weighted by Crippen LogP contribution is 2.52. The first-order valence-corrected chi connectivity index (χ1v) is 11.9. The van der Waals surface area contributed by atoms with E-state index in [-0.39, 0.29) is 12.8 Å². The van der Waals surface area contributed by atoms with E-state index in [1.54, 1.807) is 27.7 Å². The molecule has 0 saturated carbocycles. The van der Waals surface area contributed by atoms with Crippen LogP contribution in [0, 0.1) is 16.2 Å². The third kappa shape index (κ3) is 7.13. The quantitative estimate of drug-likeness (QED) is 0.122. The van der Waals surface area contributed by atoms with Crippen molar-refractivity contribution < 1.29 is 58.7 Å². The number of hydrogen-bond donors (Lipinski definition) is 1. The molecule has 0 aromatic heterocycles. The van der Waals surface area contributed by atoms with E-state index in [0.29, 0.717) is 0 Å². The number of esters is 2. The van der Waals surface area contributed by atoms with Crippen molar-refractivity contribution in [3.63, 3.8) is 0 Å². The van der Waals surface area contributed by atoms with E-state index in [0.717, 1.165) is 6.92 Å². The molecular weight excluding hydrogens is 507 g/mol. The van der Waals surface area contributed by atoms with Crippen LogP contribution in [-0.2, 0) is 33.9 Å². The Morgan fingerprint density at radius 1 is 0.971 bits per heavy atom. The Balaban J connectivity index is 6.95. The van der Waals surface area contributed by atoms with Gasteiger partial charge in [0.05, 0.1) is 12.0 Å². The van der Waals surface area contributed by atoms with Gasteiger partial charge >= 0.3 is 39.3 Å². The fourth-order valence-electron chi connectivity index (χ4n) is 3.44. The number of ether oxygens (including phenoxy) is 3. The second-order valence-electron chi connectivity index (χ2n) is 9.67. The van der Waals surface area contributed by atoms with Gasteiger partial charge in [-0.15, -0.1) is 6.58 Å². The van der Waals surface area contributed by atoms with Crippen LogP contribution in [0.15, 0.2) is 12.7 Å². The summed E-state index contributed by atoms with van der Waals surface area (Å²) < 4.78 is 113. The standard InChI is InChI=1S/C21H33F5O8S/c1-9-17(7,10-2)18(8,12-16(4,5)6)14(27)34-20(21(24,25)26,15(28)32-11-3)33-13-19(22,23)35(29,30)31/h9H,1,10-13H2,2-8H3,(H,29,30,31). The average molecular weight is 541 g/mol. The van der Waals surface area contributed by atoms with Gasteiger partial charge in [-0.25, -0.2) is 4.79 Å². The van der Waals surface area contributed by atoms with Crippen LogP contribution in [0.3, 0.4) is 0 Å². The highest BCUT2D eigenvalue weighted by molar-refractivity contribution is 7.86. The Morgan fingerprint density at radius 3 is 1.77 bits per heavy atom. The Labute approximate surface area is 201 Å². The molecule has 0 aromatic rings. The summed E-state index contributed by atoms with van der Waals surface area (Å²) in [7, 11) is -6.25. The summed E-state index contributed by atoms with van der Waals surface area (Å²) in [6.45, 7) is 10.8. The molecule has 206 valence electrons. The maximum Gasteiger partial charge on any atom is 0.468 e. The van der Waals surface area contributed by atoms with Crippen LogP contribution >= 0.6 is 0 Å². The summed E-state index contributed by atoms with van der Waals surface area (Å²) in [4.78, 5) is 25.8. The molecule has 14 heteroatoms. The van der Waals surface area contributed by atoms with Crippen molar-refractivity contribution >= 4 is 22.1 Å². The first-order chi connectivity index (χ1) is 15.4. The maximum absolute atomic E-state index is 14.2. The van der Waals surface area contributed by atoms with Crippen molar-refractivity contribution in [1.29, 1.82) is 0 Å². The van der Waals surface area contributed by atoms with Crippen LogP contribution in [0.4, 0.5) is 22.0 Å². The Hall–Kier alpha value is -1.80.